The first-order valence-corrected chi connectivity index (χ1v) is 5.21. The topological polar surface area (TPSA) is 59.3 Å². The SMILES string of the molecule is CCOC(=O)/C=C/c1cccc(OCC#N)c1. The number of hydrogen-bond donors (Lipinski definition) is 0. The quantitative estimate of drug-likeness (QED) is 0.575. The first-order valence-electron chi connectivity index (χ1n) is 5.21. The molecule has 0 amide bonds. The number of nitrogens with zero attached hydrogens (tertiary/aromatic N) is 1. The van der Waals surface area contributed by atoms with Gasteiger partial charge in [0.15, 0.2) is 6.61 Å². The second-order valence-electron chi connectivity index (χ2n) is 3.10. The molecule has 0 unspecified atom stereocenters. The Labute approximate surface area is 100 Å². The Morgan fingerprint density at radius 2 is 2.35 bits per heavy atom. The first-order chi connectivity index (χ1) is 8.26. The van der Waals surface area contributed by atoms with E-state index in [1.54, 1.807) is 31.2 Å². The summed E-state index contributed by atoms with van der Waals surface area (Å²) in [6.45, 7) is 2.11. The van der Waals surface area contributed by atoms with Crippen LogP contribution < -0.4 is 4.74 Å². The third-order valence-corrected chi connectivity index (χ3v) is 1.86. The minimum Gasteiger partial charge on any atom is -0.479 e. The molecule has 0 saturated heterocycles. The highest BCUT2D eigenvalue weighted by atomic mass is 16.5. The molecule has 4 heteroatoms. The lowest BCUT2D eigenvalue weighted by Crippen LogP contribution is -1.98. The largest absolute Gasteiger partial charge is 0.479 e. The molecule has 0 bridgehead atoms. The number of nitriles is 1. The Kier molecular flexibility index (Phi) is 5.32. The van der Waals surface area contributed by atoms with Crippen LogP contribution >= 0.6 is 0 Å². The fourth-order valence-electron chi connectivity index (χ4n) is 1.18. The number of ether oxygens (including phenoxy) is 2. The van der Waals surface area contributed by atoms with Gasteiger partial charge in [-0.15, -0.1) is 0 Å². The van der Waals surface area contributed by atoms with Gasteiger partial charge in [-0.25, -0.2) is 4.79 Å². The highest BCUT2D eigenvalue weighted by Gasteiger charge is 1.96. The van der Waals surface area contributed by atoms with E-state index in [1.807, 2.05) is 12.1 Å². The lowest BCUT2D eigenvalue weighted by atomic mass is 10.2. The Bertz CT molecular complexity index is 446. The van der Waals surface area contributed by atoms with Crippen molar-refractivity contribution in [2.75, 3.05) is 13.2 Å². The van der Waals surface area contributed by atoms with E-state index in [0.29, 0.717) is 12.4 Å². The predicted octanol–water partition coefficient (Wildman–Crippen LogP) is 2.17. The maximum Gasteiger partial charge on any atom is 0.330 e. The van der Waals surface area contributed by atoms with Gasteiger partial charge in [0.05, 0.1) is 6.61 Å². The molecular formula is C13H13NO3. The predicted molar refractivity (Wildman–Crippen MR) is 63.2 cm³/mol. The van der Waals surface area contributed by atoms with Crippen LogP contribution in [0.25, 0.3) is 6.08 Å². The second-order valence-corrected chi connectivity index (χ2v) is 3.10. The van der Waals surface area contributed by atoms with E-state index in [4.69, 9.17) is 14.7 Å². The average molecular weight is 231 g/mol. The third kappa shape index (κ3) is 4.85. The van der Waals surface area contributed by atoms with Crippen LogP contribution in [0.15, 0.2) is 30.3 Å². The van der Waals surface area contributed by atoms with Crippen LogP contribution in [-0.4, -0.2) is 19.2 Å². The second kappa shape index (κ2) is 7.07. The summed E-state index contributed by atoms with van der Waals surface area (Å²) in [5.41, 5.74) is 0.813. The number of esters is 1. The minimum absolute atomic E-state index is 0.00500. The maximum absolute atomic E-state index is 11.1. The third-order valence-electron chi connectivity index (χ3n) is 1.86. The van der Waals surface area contributed by atoms with Crippen molar-refractivity contribution in [1.82, 2.24) is 0 Å². The van der Waals surface area contributed by atoms with Gasteiger partial charge < -0.3 is 9.47 Å². The Hall–Kier alpha value is -2.28. The molecule has 0 heterocycles. The Morgan fingerprint density at radius 3 is 3.06 bits per heavy atom. The van der Waals surface area contributed by atoms with Crippen LogP contribution in [0.4, 0.5) is 0 Å². The molecule has 1 aromatic carbocycles. The summed E-state index contributed by atoms with van der Waals surface area (Å²) in [5.74, 6) is 0.216. The molecule has 88 valence electrons. The van der Waals surface area contributed by atoms with Crippen molar-refractivity contribution in [3.05, 3.63) is 35.9 Å². The fraction of sp³-hybridized carbons (Fsp3) is 0.231. The number of carbonyl (C=O) groups excluding carboxylic acids is 1. The highest BCUT2D eigenvalue weighted by molar-refractivity contribution is 5.87. The summed E-state index contributed by atoms with van der Waals surface area (Å²) >= 11 is 0. The zero-order valence-corrected chi connectivity index (χ0v) is 9.55. The van der Waals surface area contributed by atoms with Crippen LogP contribution in [-0.2, 0) is 9.53 Å². The van der Waals surface area contributed by atoms with Crippen molar-refractivity contribution in [2.24, 2.45) is 0 Å². The highest BCUT2D eigenvalue weighted by Crippen LogP contribution is 2.14. The van der Waals surface area contributed by atoms with Gasteiger partial charge in [-0.1, -0.05) is 12.1 Å². The lowest BCUT2D eigenvalue weighted by molar-refractivity contribution is -0.137. The first kappa shape index (κ1) is 12.8. The van der Waals surface area contributed by atoms with Gasteiger partial charge in [0, 0.05) is 6.08 Å². The number of rotatable bonds is 5. The van der Waals surface area contributed by atoms with Crippen molar-refractivity contribution >= 4 is 12.0 Å². The van der Waals surface area contributed by atoms with Crippen molar-refractivity contribution in [2.45, 2.75) is 6.92 Å². The molecular weight excluding hydrogens is 218 g/mol. The van der Waals surface area contributed by atoms with E-state index in [2.05, 4.69) is 0 Å². The molecule has 0 aliphatic carbocycles. The van der Waals surface area contributed by atoms with Crippen molar-refractivity contribution in [3.8, 4) is 11.8 Å². The molecule has 0 radical (unpaired) electrons. The van der Waals surface area contributed by atoms with Crippen LogP contribution in [0.2, 0.25) is 0 Å². The Morgan fingerprint density at radius 1 is 1.53 bits per heavy atom. The smallest absolute Gasteiger partial charge is 0.330 e. The molecule has 1 aromatic rings. The summed E-state index contributed by atoms with van der Waals surface area (Å²) in [6, 6.07) is 9.00. The van der Waals surface area contributed by atoms with Crippen LogP contribution in [0.1, 0.15) is 12.5 Å². The summed E-state index contributed by atoms with van der Waals surface area (Å²) in [4.78, 5) is 11.1. The van der Waals surface area contributed by atoms with E-state index in [9.17, 15) is 4.79 Å². The molecule has 0 fully saturated rings. The molecule has 0 aromatic heterocycles. The van der Waals surface area contributed by atoms with Crippen molar-refractivity contribution < 1.29 is 14.3 Å². The van der Waals surface area contributed by atoms with E-state index >= 15 is 0 Å². The van der Waals surface area contributed by atoms with Crippen molar-refractivity contribution in [3.63, 3.8) is 0 Å². The summed E-state index contributed by atoms with van der Waals surface area (Å²) in [7, 11) is 0. The van der Waals surface area contributed by atoms with Crippen LogP contribution in [0.3, 0.4) is 0 Å². The van der Waals surface area contributed by atoms with Gasteiger partial charge in [-0.05, 0) is 30.7 Å². The van der Waals surface area contributed by atoms with E-state index in [-0.39, 0.29) is 12.6 Å². The van der Waals surface area contributed by atoms with Crippen LogP contribution in [0, 0.1) is 11.3 Å². The average Bonchev–Trinajstić information content (AvgIpc) is 2.35. The van der Waals surface area contributed by atoms with Gasteiger partial charge >= 0.3 is 5.97 Å². The summed E-state index contributed by atoms with van der Waals surface area (Å²) < 4.78 is 9.90. The van der Waals surface area contributed by atoms with Gasteiger partial charge in [-0.3, -0.25) is 0 Å². The van der Waals surface area contributed by atoms with E-state index in [0.717, 1.165) is 5.56 Å². The lowest BCUT2D eigenvalue weighted by Gasteiger charge is -2.01. The zero-order chi connectivity index (χ0) is 12.5. The fourth-order valence-corrected chi connectivity index (χ4v) is 1.18. The monoisotopic (exact) mass is 231 g/mol. The molecule has 0 spiro atoms. The van der Waals surface area contributed by atoms with Crippen molar-refractivity contribution in [1.29, 1.82) is 5.26 Å². The van der Waals surface area contributed by atoms with Gasteiger partial charge in [-0.2, -0.15) is 5.26 Å². The maximum atomic E-state index is 11.1. The minimum atomic E-state index is -0.379. The van der Waals surface area contributed by atoms with Gasteiger partial charge in [0.1, 0.15) is 11.8 Å². The molecule has 4 nitrogen and oxygen atoms in total. The zero-order valence-electron chi connectivity index (χ0n) is 9.55. The van der Waals surface area contributed by atoms with Crippen LogP contribution in [0.5, 0.6) is 5.75 Å². The standard InChI is InChI=1S/C13H13NO3/c1-2-16-13(15)7-6-11-4-3-5-12(10-11)17-9-8-14/h3-7,10H,2,9H2,1H3/b7-6+. The molecule has 0 atom stereocenters. The number of benzene rings is 1. The molecule has 0 aliphatic heterocycles. The normalized spacial score (nSPS) is 9.88. The van der Waals surface area contributed by atoms with E-state index < -0.39 is 0 Å². The summed E-state index contributed by atoms with van der Waals surface area (Å²) in [5, 5.41) is 8.38. The number of hydrogen-bond acceptors (Lipinski definition) is 4. The van der Waals surface area contributed by atoms with E-state index in [1.165, 1.54) is 6.08 Å². The molecule has 0 aliphatic rings. The van der Waals surface area contributed by atoms with Gasteiger partial charge in [0.2, 0.25) is 0 Å². The summed E-state index contributed by atoms with van der Waals surface area (Å²) in [6.07, 6.45) is 2.99. The molecule has 0 N–H and O–H groups in total. The number of carbonyl (C=O) groups is 1. The Balaban J connectivity index is 2.65. The van der Waals surface area contributed by atoms with Gasteiger partial charge in [0.25, 0.3) is 0 Å². The molecule has 0 saturated carbocycles. The molecule has 1 rings (SSSR count). The molecule has 17 heavy (non-hydrogen) atoms.